The van der Waals surface area contributed by atoms with Crippen LogP contribution in [0.5, 0.6) is 0 Å². The van der Waals surface area contributed by atoms with Crippen LogP contribution in [0, 0.1) is 17.2 Å². The Kier molecular flexibility index (Phi) is 5.65. The van der Waals surface area contributed by atoms with E-state index in [1.54, 1.807) is 17.0 Å². The van der Waals surface area contributed by atoms with Crippen molar-refractivity contribution in [1.82, 2.24) is 10.6 Å². The van der Waals surface area contributed by atoms with Crippen molar-refractivity contribution in [3.8, 4) is 6.07 Å². The molecular weight excluding hydrogens is 312 g/mol. The number of amides is 2. The number of nitrogens with one attached hydrogen (secondary N) is 2. The molecule has 0 spiro atoms. The Morgan fingerprint density at radius 2 is 2.04 bits per heavy atom. The van der Waals surface area contributed by atoms with Gasteiger partial charge < -0.3 is 10.6 Å². The van der Waals surface area contributed by atoms with Crippen LogP contribution in [0.25, 0.3) is 0 Å². The second-order valence-electron chi connectivity index (χ2n) is 6.26. The monoisotopic (exact) mass is 334 g/mol. The van der Waals surface area contributed by atoms with Gasteiger partial charge in [-0.2, -0.15) is 5.26 Å². The van der Waals surface area contributed by atoms with Crippen molar-refractivity contribution in [3.05, 3.63) is 65.7 Å². The highest BCUT2D eigenvalue weighted by Gasteiger charge is 2.26. The lowest BCUT2D eigenvalue weighted by Crippen LogP contribution is -2.53. The summed E-state index contributed by atoms with van der Waals surface area (Å²) < 4.78 is 0. The normalized spacial score (nSPS) is 17.0. The van der Waals surface area contributed by atoms with E-state index < -0.39 is 0 Å². The molecule has 1 fully saturated rings. The quantitative estimate of drug-likeness (QED) is 0.798. The highest BCUT2D eigenvalue weighted by atomic mass is 16.2. The number of urea groups is 1. The Morgan fingerprint density at radius 3 is 2.84 bits per heavy atom. The summed E-state index contributed by atoms with van der Waals surface area (Å²) >= 11 is 0. The number of carbonyl (C=O) groups excluding carboxylic acids is 1. The molecule has 1 aliphatic rings. The van der Waals surface area contributed by atoms with Gasteiger partial charge in [-0.25, -0.2) is 4.79 Å². The Labute approximate surface area is 148 Å². The molecule has 5 nitrogen and oxygen atoms in total. The average molecular weight is 334 g/mol. The van der Waals surface area contributed by atoms with E-state index in [1.807, 2.05) is 18.2 Å². The first-order valence-corrected chi connectivity index (χ1v) is 8.56. The van der Waals surface area contributed by atoms with Gasteiger partial charge in [0.1, 0.15) is 0 Å². The molecule has 3 rings (SSSR count). The van der Waals surface area contributed by atoms with Gasteiger partial charge in [-0.1, -0.05) is 36.4 Å². The van der Waals surface area contributed by atoms with E-state index in [0.717, 1.165) is 25.2 Å². The largest absolute Gasteiger partial charge is 0.337 e. The van der Waals surface area contributed by atoms with Crippen molar-refractivity contribution >= 4 is 11.7 Å². The van der Waals surface area contributed by atoms with E-state index in [0.29, 0.717) is 24.6 Å². The molecule has 1 saturated heterocycles. The van der Waals surface area contributed by atoms with Crippen LogP contribution in [-0.2, 0) is 6.42 Å². The summed E-state index contributed by atoms with van der Waals surface area (Å²) in [5.74, 6) is 0.333. The fraction of sp³-hybridized carbons (Fsp3) is 0.300. The van der Waals surface area contributed by atoms with Crippen molar-refractivity contribution < 1.29 is 4.79 Å². The Bertz CT molecular complexity index is 754. The minimum atomic E-state index is -0.101. The molecule has 1 aliphatic heterocycles. The fourth-order valence-corrected chi connectivity index (χ4v) is 3.02. The number of hydrogen-bond acceptors (Lipinski definition) is 3. The standard InChI is InChI=1S/C20H22N4O/c21-12-17-7-4-8-19(11-17)24-15-18(14-23-20(24)25)13-22-10-9-16-5-2-1-3-6-16/h1-8,11,18,22H,9-10,13-15H2,(H,23,25). The molecule has 25 heavy (non-hydrogen) atoms. The van der Waals surface area contributed by atoms with Crippen molar-refractivity contribution in [3.63, 3.8) is 0 Å². The minimum absolute atomic E-state index is 0.101. The smallest absolute Gasteiger partial charge is 0.321 e. The van der Waals surface area contributed by atoms with Gasteiger partial charge in [0.05, 0.1) is 11.6 Å². The molecule has 1 atom stereocenters. The third-order valence-corrected chi connectivity index (χ3v) is 4.38. The van der Waals surface area contributed by atoms with Gasteiger partial charge in [0.25, 0.3) is 0 Å². The molecule has 0 saturated carbocycles. The molecule has 0 bridgehead atoms. The predicted octanol–water partition coefficient (Wildman–Crippen LogP) is 2.54. The van der Waals surface area contributed by atoms with Crippen molar-refractivity contribution in [1.29, 1.82) is 5.26 Å². The molecule has 0 radical (unpaired) electrons. The Balaban J connectivity index is 1.52. The van der Waals surface area contributed by atoms with Crippen LogP contribution in [-0.4, -0.2) is 32.2 Å². The van der Waals surface area contributed by atoms with E-state index in [2.05, 4.69) is 41.0 Å². The number of anilines is 1. The fourth-order valence-electron chi connectivity index (χ4n) is 3.02. The number of rotatable bonds is 6. The van der Waals surface area contributed by atoms with Gasteiger partial charge in [0.2, 0.25) is 0 Å². The molecule has 128 valence electrons. The first-order chi connectivity index (χ1) is 12.3. The third kappa shape index (κ3) is 4.59. The van der Waals surface area contributed by atoms with Crippen LogP contribution in [0.2, 0.25) is 0 Å². The average Bonchev–Trinajstić information content (AvgIpc) is 2.67. The maximum absolute atomic E-state index is 12.2. The molecule has 1 unspecified atom stereocenters. The van der Waals surface area contributed by atoms with Gasteiger partial charge in [-0.15, -0.1) is 0 Å². The molecule has 2 aromatic rings. The molecule has 2 aromatic carbocycles. The summed E-state index contributed by atoms with van der Waals surface area (Å²) in [4.78, 5) is 13.9. The number of carbonyl (C=O) groups is 1. The molecule has 1 heterocycles. The van der Waals surface area contributed by atoms with Crippen LogP contribution < -0.4 is 15.5 Å². The summed E-state index contributed by atoms with van der Waals surface area (Å²) in [6, 6.07) is 19.6. The molecular formula is C20H22N4O. The first-order valence-electron chi connectivity index (χ1n) is 8.56. The number of benzene rings is 2. The zero-order valence-corrected chi connectivity index (χ0v) is 14.1. The summed E-state index contributed by atoms with van der Waals surface area (Å²) in [6.45, 7) is 3.09. The number of nitriles is 1. The van der Waals surface area contributed by atoms with Crippen LogP contribution in [0.15, 0.2) is 54.6 Å². The van der Waals surface area contributed by atoms with Crippen LogP contribution in [0.4, 0.5) is 10.5 Å². The molecule has 0 aliphatic carbocycles. The SMILES string of the molecule is N#Cc1cccc(N2CC(CNCCc3ccccc3)CNC2=O)c1. The lowest BCUT2D eigenvalue weighted by molar-refractivity contribution is 0.236. The minimum Gasteiger partial charge on any atom is -0.337 e. The summed E-state index contributed by atoms with van der Waals surface area (Å²) in [5, 5.41) is 15.5. The van der Waals surface area contributed by atoms with Gasteiger partial charge >= 0.3 is 6.03 Å². The summed E-state index contributed by atoms with van der Waals surface area (Å²) in [6.07, 6.45) is 0.994. The number of hydrogen-bond donors (Lipinski definition) is 2. The van der Waals surface area contributed by atoms with Crippen LogP contribution in [0.3, 0.4) is 0 Å². The molecule has 2 amide bonds. The maximum Gasteiger partial charge on any atom is 0.321 e. The second-order valence-corrected chi connectivity index (χ2v) is 6.26. The zero-order chi connectivity index (χ0) is 17.5. The van der Waals surface area contributed by atoms with Crippen LogP contribution >= 0.6 is 0 Å². The Hall–Kier alpha value is -2.84. The van der Waals surface area contributed by atoms with E-state index >= 15 is 0 Å². The highest BCUT2D eigenvalue weighted by Crippen LogP contribution is 2.19. The van der Waals surface area contributed by atoms with Crippen LogP contribution in [0.1, 0.15) is 11.1 Å². The lowest BCUT2D eigenvalue weighted by Gasteiger charge is -2.33. The topological polar surface area (TPSA) is 68.2 Å². The molecule has 2 N–H and O–H groups in total. The van der Waals surface area contributed by atoms with Gasteiger partial charge in [0, 0.05) is 31.2 Å². The summed E-state index contributed by atoms with van der Waals surface area (Å²) in [5.41, 5.74) is 2.65. The van der Waals surface area contributed by atoms with Crippen molar-refractivity contribution in [2.45, 2.75) is 6.42 Å². The lowest BCUT2D eigenvalue weighted by atomic mass is 10.1. The van der Waals surface area contributed by atoms with Gasteiger partial charge in [0.15, 0.2) is 0 Å². The van der Waals surface area contributed by atoms with E-state index in [9.17, 15) is 4.79 Å². The third-order valence-electron chi connectivity index (χ3n) is 4.38. The zero-order valence-electron chi connectivity index (χ0n) is 14.1. The van der Waals surface area contributed by atoms with Gasteiger partial charge in [-0.05, 0) is 36.7 Å². The maximum atomic E-state index is 12.2. The molecule has 5 heteroatoms. The number of nitrogens with zero attached hydrogens (tertiary/aromatic N) is 2. The van der Waals surface area contributed by atoms with E-state index in [-0.39, 0.29) is 6.03 Å². The van der Waals surface area contributed by atoms with E-state index in [1.165, 1.54) is 5.56 Å². The second kappa shape index (κ2) is 8.32. The van der Waals surface area contributed by atoms with Gasteiger partial charge in [-0.3, -0.25) is 4.90 Å². The predicted molar refractivity (Wildman–Crippen MR) is 98.4 cm³/mol. The van der Waals surface area contributed by atoms with Crippen molar-refractivity contribution in [2.75, 3.05) is 31.1 Å². The highest BCUT2D eigenvalue weighted by molar-refractivity contribution is 5.92. The first kappa shape index (κ1) is 17.0. The summed E-state index contributed by atoms with van der Waals surface area (Å²) in [7, 11) is 0. The Morgan fingerprint density at radius 1 is 1.20 bits per heavy atom. The molecule has 0 aromatic heterocycles. The van der Waals surface area contributed by atoms with Crippen molar-refractivity contribution in [2.24, 2.45) is 5.92 Å². The van der Waals surface area contributed by atoms with E-state index in [4.69, 9.17) is 5.26 Å².